The molecule has 0 saturated carbocycles. The SMILES string of the molecule is CC(C)(C)OC(=O)NC1=N[C@](C)(c2cc(NC(=O)c3ccc(C#N)cc3Cl)ccc2F)[C@@H]2CCN=[S@]2(=O)C1(C)C. The van der Waals surface area contributed by atoms with E-state index in [1.54, 1.807) is 41.5 Å². The lowest BCUT2D eigenvalue weighted by atomic mass is 9.85. The Morgan fingerprint density at radius 2 is 1.88 bits per heavy atom. The average molecular weight is 588 g/mol. The van der Waals surface area contributed by atoms with Crippen molar-refractivity contribution in [1.82, 2.24) is 5.32 Å². The summed E-state index contributed by atoms with van der Waals surface area (Å²) in [5, 5.41) is 13.8. The highest BCUT2D eigenvalue weighted by atomic mass is 35.5. The Morgan fingerprint density at radius 1 is 1.18 bits per heavy atom. The minimum atomic E-state index is -3.05. The predicted molar refractivity (Wildman–Crippen MR) is 153 cm³/mol. The summed E-state index contributed by atoms with van der Waals surface area (Å²) in [5.74, 6) is -1.10. The van der Waals surface area contributed by atoms with E-state index in [0.717, 1.165) is 0 Å². The minimum absolute atomic E-state index is 0.0781. The summed E-state index contributed by atoms with van der Waals surface area (Å²) < 4.78 is 38.7. The predicted octanol–water partition coefficient (Wildman–Crippen LogP) is 5.77. The number of fused-ring (bicyclic) bond motifs is 1. The molecule has 2 amide bonds. The lowest BCUT2D eigenvalue weighted by Gasteiger charge is -2.45. The van der Waals surface area contributed by atoms with Crippen LogP contribution in [-0.4, -0.2) is 44.2 Å². The van der Waals surface area contributed by atoms with Crippen molar-refractivity contribution in [3.05, 3.63) is 63.9 Å². The van der Waals surface area contributed by atoms with E-state index in [-0.39, 0.29) is 27.7 Å². The molecule has 9 nitrogen and oxygen atoms in total. The molecule has 3 atom stereocenters. The number of hydrogen-bond donors (Lipinski definition) is 2. The zero-order valence-electron chi connectivity index (χ0n) is 23.1. The Bertz CT molecular complexity index is 1600. The molecule has 2 aliphatic heterocycles. The zero-order valence-corrected chi connectivity index (χ0v) is 24.7. The van der Waals surface area contributed by atoms with Gasteiger partial charge in [0.05, 0.1) is 37.2 Å². The number of carbonyl (C=O) groups excluding carboxylic acids is 2. The highest BCUT2D eigenvalue weighted by Crippen LogP contribution is 2.48. The summed E-state index contributed by atoms with van der Waals surface area (Å²) >= 11 is 6.19. The molecule has 2 aromatic rings. The van der Waals surface area contributed by atoms with Gasteiger partial charge in [0.1, 0.15) is 27.5 Å². The van der Waals surface area contributed by atoms with Crippen LogP contribution in [0.5, 0.6) is 0 Å². The maximum absolute atomic E-state index is 15.5. The molecule has 0 aromatic heterocycles. The molecule has 2 aromatic carbocycles. The zero-order chi connectivity index (χ0) is 29.7. The maximum Gasteiger partial charge on any atom is 0.413 e. The summed E-state index contributed by atoms with van der Waals surface area (Å²) in [4.78, 5) is 30.5. The number of nitrogens with one attached hydrogen (secondary N) is 2. The summed E-state index contributed by atoms with van der Waals surface area (Å²) in [6.07, 6.45) is -0.374. The Balaban J connectivity index is 1.77. The van der Waals surface area contributed by atoms with Crippen LogP contribution in [0.15, 0.2) is 45.8 Å². The Labute approximate surface area is 238 Å². The summed E-state index contributed by atoms with van der Waals surface area (Å²) in [7, 11) is -3.05. The smallest absolute Gasteiger partial charge is 0.413 e. The molecular formula is C28H31ClFN5O4S. The summed E-state index contributed by atoms with van der Waals surface area (Å²) in [6.45, 7) is 10.5. The number of rotatable bonds is 3. The van der Waals surface area contributed by atoms with Crippen LogP contribution in [0.25, 0.3) is 0 Å². The van der Waals surface area contributed by atoms with Crippen molar-refractivity contribution in [2.75, 3.05) is 11.9 Å². The van der Waals surface area contributed by atoms with Crippen molar-refractivity contribution in [3.63, 3.8) is 0 Å². The van der Waals surface area contributed by atoms with E-state index in [2.05, 4.69) is 15.0 Å². The molecule has 2 N–H and O–H groups in total. The third-order valence-electron chi connectivity index (χ3n) is 7.06. The second-order valence-electron chi connectivity index (χ2n) is 11.4. The third kappa shape index (κ3) is 5.18. The standard InChI is InChI=1S/C28H31ClFN5O4S/c1-26(2,3)39-25(37)34-24-27(4,5)40(38)22(11-12-32-40)28(6,35-24)19-14-17(8-10-21(19)30)33-23(36)18-9-7-16(15-31)13-20(18)29/h7-10,13-14,22H,11-12H2,1-6H3,(H,33,36)(H,34,35,37)/t22-,28+,40+/m0/s1. The molecule has 4 rings (SSSR count). The molecule has 0 aliphatic carbocycles. The molecule has 212 valence electrons. The number of anilines is 1. The lowest BCUT2D eigenvalue weighted by Crippen LogP contribution is -2.60. The second kappa shape index (κ2) is 10.2. The Morgan fingerprint density at radius 3 is 2.50 bits per heavy atom. The van der Waals surface area contributed by atoms with Gasteiger partial charge in [0.15, 0.2) is 0 Å². The van der Waals surface area contributed by atoms with Crippen molar-refractivity contribution < 1.29 is 22.9 Å². The van der Waals surface area contributed by atoms with Crippen LogP contribution < -0.4 is 10.6 Å². The van der Waals surface area contributed by atoms with Gasteiger partial charge in [0.25, 0.3) is 5.91 Å². The first kappa shape index (κ1) is 29.5. The van der Waals surface area contributed by atoms with E-state index in [9.17, 15) is 13.8 Å². The van der Waals surface area contributed by atoms with Crippen LogP contribution in [0.2, 0.25) is 5.02 Å². The van der Waals surface area contributed by atoms with Gasteiger partial charge in [-0.05, 0) is 84.4 Å². The fourth-order valence-corrected chi connectivity index (χ4v) is 8.47. The largest absolute Gasteiger partial charge is 0.444 e. The molecule has 0 fully saturated rings. The minimum Gasteiger partial charge on any atom is -0.444 e. The molecule has 0 bridgehead atoms. The van der Waals surface area contributed by atoms with Crippen molar-refractivity contribution in [3.8, 4) is 6.07 Å². The number of hydrogen-bond acceptors (Lipinski definition) is 7. The van der Waals surface area contributed by atoms with Gasteiger partial charge in [-0.1, -0.05) is 11.6 Å². The van der Waals surface area contributed by atoms with E-state index in [4.69, 9.17) is 26.6 Å². The number of amidine groups is 1. The van der Waals surface area contributed by atoms with Crippen molar-refractivity contribution in [2.45, 2.75) is 69.1 Å². The van der Waals surface area contributed by atoms with Crippen LogP contribution in [0.4, 0.5) is 14.9 Å². The van der Waals surface area contributed by atoms with Gasteiger partial charge >= 0.3 is 6.09 Å². The number of amides is 2. The second-order valence-corrected chi connectivity index (χ2v) is 14.8. The summed E-state index contributed by atoms with van der Waals surface area (Å²) in [6, 6.07) is 10.3. The maximum atomic E-state index is 15.5. The number of nitrogens with zero attached hydrogens (tertiary/aromatic N) is 3. The van der Waals surface area contributed by atoms with Gasteiger partial charge in [-0.3, -0.25) is 15.1 Å². The van der Waals surface area contributed by atoms with E-state index < -0.39 is 48.7 Å². The number of aliphatic imine (C=N–C) groups is 1. The van der Waals surface area contributed by atoms with Gasteiger partial charge < -0.3 is 10.1 Å². The van der Waals surface area contributed by atoms with Gasteiger partial charge in [-0.25, -0.2) is 17.8 Å². The molecule has 0 unspecified atom stereocenters. The first-order chi connectivity index (χ1) is 18.5. The normalized spacial score (nSPS) is 25.1. The Hall–Kier alpha value is -3.49. The number of benzene rings is 2. The molecule has 2 aliphatic rings. The van der Waals surface area contributed by atoms with Crippen molar-refractivity contribution >= 4 is 44.9 Å². The van der Waals surface area contributed by atoms with Gasteiger partial charge in [0.2, 0.25) is 0 Å². The van der Waals surface area contributed by atoms with Gasteiger partial charge in [-0.2, -0.15) is 5.26 Å². The van der Waals surface area contributed by atoms with Gasteiger partial charge in [0, 0.05) is 17.8 Å². The molecular weight excluding hydrogens is 557 g/mol. The van der Waals surface area contributed by atoms with Crippen LogP contribution in [-0.2, 0) is 20.0 Å². The molecule has 0 saturated heterocycles. The lowest BCUT2D eigenvalue weighted by molar-refractivity contribution is 0.0560. The van der Waals surface area contributed by atoms with E-state index in [1.807, 2.05) is 6.07 Å². The monoisotopic (exact) mass is 587 g/mol. The van der Waals surface area contributed by atoms with E-state index >= 15 is 4.39 Å². The number of halogens is 2. The van der Waals surface area contributed by atoms with E-state index in [0.29, 0.717) is 18.5 Å². The fraction of sp³-hybridized carbons (Fsp3) is 0.429. The number of alkyl carbamates (subject to hydrolysis) is 1. The number of nitriles is 1. The molecule has 2 heterocycles. The summed E-state index contributed by atoms with van der Waals surface area (Å²) in [5.41, 5.74) is -1.40. The first-order valence-electron chi connectivity index (χ1n) is 12.6. The van der Waals surface area contributed by atoms with Crippen LogP contribution in [0.1, 0.15) is 69.4 Å². The van der Waals surface area contributed by atoms with Gasteiger partial charge in [-0.15, -0.1) is 0 Å². The van der Waals surface area contributed by atoms with Crippen molar-refractivity contribution in [2.24, 2.45) is 9.36 Å². The van der Waals surface area contributed by atoms with Crippen LogP contribution >= 0.6 is 11.6 Å². The quantitative estimate of drug-likeness (QED) is 0.470. The topological polar surface area (TPSA) is 133 Å². The number of carbonyl (C=O) groups is 2. The fourth-order valence-electron chi connectivity index (χ4n) is 5.01. The first-order valence-corrected chi connectivity index (χ1v) is 14.6. The third-order valence-corrected chi connectivity index (χ3v) is 11.1. The average Bonchev–Trinajstić information content (AvgIpc) is 3.27. The van der Waals surface area contributed by atoms with Crippen LogP contribution in [0, 0.1) is 17.1 Å². The van der Waals surface area contributed by atoms with E-state index in [1.165, 1.54) is 36.4 Å². The molecule has 0 radical (unpaired) electrons. The Kier molecular flexibility index (Phi) is 7.49. The molecule has 0 spiro atoms. The highest BCUT2D eigenvalue weighted by molar-refractivity contribution is 7.96. The number of ether oxygens (including phenoxy) is 1. The van der Waals surface area contributed by atoms with Crippen LogP contribution in [0.3, 0.4) is 0 Å². The molecule has 12 heteroatoms. The molecule has 40 heavy (non-hydrogen) atoms. The highest BCUT2D eigenvalue weighted by Gasteiger charge is 2.57. The van der Waals surface area contributed by atoms with Crippen molar-refractivity contribution in [1.29, 1.82) is 5.26 Å².